The lowest BCUT2D eigenvalue weighted by Crippen LogP contribution is -2.42. The monoisotopic (exact) mass is 374 g/mol. The summed E-state index contributed by atoms with van der Waals surface area (Å²) in [6.07, 6.45) is 1.37. The standard InChI is InChI=1S/C19H26N4O4/c1-11(2)5-8-15-20-19(23-22-15)18-17(21-16(24)10-27-18)12-6-7-13(25-3)14(9-12)26-4/h6-7,9,11,17-18H,5,8,10H2,1-4H3,(H,21,24)(H,20,22,23)/t17-,18+/m1/s1. The molecule has 1 aromatic heterocycles. The quantitative estimate of drug-likeness (QED) is 0.772. The lowest BCUT2D eigenvalue weighted by Gasteiger charge is -2.31. The van der Waals surface area contributed by atoms with Gasteiger partial charge in [0, 0.05) is 6.42 Å². The number of aromatic amines is 1. The molecule has 2 N–H and O–H groups in total. The molecule has 0 spiro atoms. The number of H-pyrrole nitrogens is 1. The lowest BCUT2D eigenvalue weighted by molar-refractivity contribution is -0.137. The number of nitrogens with one attached hydrogen (secondary N) is 2. The summed E-state index contributed by atoms with van der Waals surface area (Å²) in [4.78, 5) is 16.5. The first-order valence-electron chi connectivity index (χ1n) is 9.06. The Balaban J connectivity index is 1.86. The molecule has 2 heterocycles. The SMILES string of the molecule is COc1ccc([C@H]2NC(=O)CO[C@@H]2c2n[nH]c(CCC(C)C)n2)cc1OC. The maximum Gasteiger partial charge on any atom is 0.246 e. The molecular formula is C19H26N4O4. The third-order valence-corrected chi connectivity index (χ3v) is 4.54. The van der Waals surface area contributed by atoms with E-state index in [-0.39, 0.29) is 12.5 Å². The van der Waals surface area contributed by atoms with Gasteiger partial charge in [0.2, 0.25) is 5.91 Å². The number of carbonyl (C=O) groups excluding carboxylic acids is 1. The van der Waals surface area contributed by atoms with Crippen LogP contribution in [-0.2, 0) is 16.0 Å². The van der Waals surface area contributed by atoms with E-state index < -0.39 is 12.1 Å². The lowest BCUT2D eigenvalue weighted by atomic mass is 9.98. The maximum absolute atomic E-state index is 11.9. The van der Waals surface area contributed by atoms with Crippen LogP contribution in [0.2, 0.25) is 0 Å². The van der Waals surface area contributed by atoms with Crippen molar-refractivity contribution in [2.24, 2.45) is 5.92 Å². The number of benzene rings is 1. The predicted molar refractivity (Wildman–Crippen MR) is 98.7 cm³/mol. The number of aryl methyl sites for hydroxylation is 1. The van der Waals surface area contributed by atoms with Crippen molar-refractivity contribution in [3.05, 3.63) is 35.4 Å². The average Bonchev–Trinajstić information content (AvgIpc) is 3.14. The third kappa shape index (κ3) is 4.39. The van der Waals surface area contributed by atoms with Crippen molar-refractivity contribution in [1.82, 2.24) is 20.5 Å². The fraction of sp³-hybridized carbons (Fsp3) is 0.526. The molecule has 1 aromatic carbocycles. The summed E-state index contributed by atoms with van der Waals surface area (Å²) in [6.45, 7) is 4.32. The van der Waals surface area contributed by atoms with E-state index in [0.29, 0.717) is 23.2 Å². The molecule has 8 nitrogen and oxygen atoms in total. The Bertz CT molecular complexity index is 790. The Morgan fingerprint density at radius 3 is 2.74 bits per heavy atom. The van der Waals surface area contributed by atoms with E-state index >= 15 is 0 Å². The molecule has 0 unspecified atom stereocenters. The van der Waals surface area contributed by atoms with Crippen LogP contribution in [0.25, 0.3) is 0 Å². The first kappa shape index (κ1) is 19.2. The number of ether oxygens (including phenoxy) is 3. The fourth-order valence-corrected chi connectivity index (χ4v) is 3.05. The first-order valence-corrected chi connectivity index (χ1v) is 9.06. The van der Waals surface area contributed by atoms with Gasteiger partial charge < -0.3 is 19.5 Å². The van der Waals surface area contributed by atoms with Gasteiger partial charge in [0.05, 0.1) is 20.3 Å². The second-order valence-corrected chi connectivity index (χ2v) is 6.96. The van der Waals surface area contributed by atoms with E-state index in [2.05, 4.69) is 34.3 Å². The second-order valence-electron chi connectivity index (χ2n) is 6.96. The predicted octanol–water partition coefficient (Wildman–Crippen LogP) is 2.34. The molecule has 1 saturated heterocycles. The highest BCUT2D eigenvalue weighted by atomic mass is 16.5. The molecule has 2 aromatic rings. The van der Waals surface area contributed by atoms with E-state index in [0.717, 1.165) is 24.2 Å². The molecule has 0 saturated carbocycles. The number of morpholine rings is 1. The number of methoxy groups -OCH3 is 2. The smallest absolute Gasteiger partial charge is 0.246 e. The van der Waals surface area contributed by atoms with Crippen LogP contribution in [0.4, 0.5) is 0 Å². The maximum atomic E-state index is 11.9. The molecular weight excluding hydrogens is 348 g/mol. The Hall–Kier alpha value is -2.61. The molecule has 8 heteroatoms. The van der Waals surface area contributed by atoms with Crippen LogP contribution in [0, 0.1) is 5.92 Å². The second kappa shape index (κ2) is 8.39. The molecule has 0 radical (unpaired) electrons. The van der Waals surface area contributed by atoms with Gasteiger partial charge in [0.1, 0.15) is 18.5 Å². The van der Waals surface area contributed by atoms with Gasteiger partial charge in [-0.2, -0.15) is 5.10 Å². The van der Waals surface area contributed by atoms with Crippen LogP contribution >= 0.6 is 0 Å². The number of hydrogen-bond acceptors (Lipinski definition) is 6. The van der Waals surface area contributed by atoms with Crippen LogP contribution in [0.3, 0.4) is 0 Å². The summed E-state index contributed by atoms with van der Waals surface area (Å²) in [6, 6.07) is 5.09. The van der Waals surface area contributed by atoms with Crippen LogP contribution < -0.4 is 14.8 Å². The third-order valence-electron chi connectivity index (χ3n) is 4.54. The number of hydrogen-bond donors (Lipinski definition) is 2. The molecule has 146 valence electrons. The van der Waals surface area contributed by atoms with Crippen molar-refractivity contribution >= 4 is 5.91 Å². The molecule has 2 atom stereocenters. The summed E-state index contributed by atoms with van der Waals surface area (Å²) in [5.41, 5.74) is 0.833. The number of rotatable bonds is 7. The van der Waals surface area contributed by atoms with Gasteiger partial charge in [0.15, 0.2) is 17.3 Å². The van der Waals surface area contributed by atoms with E-state index in [4.69, 9.17) is 14.2 Å². The summed E-state index contributed by atoms with van der Waals surface area (Å²) < 4.78 is 16.4. The minimum atomic E-state index is -0.482. The molecule has 1 aliphatic heterocycles. The summed E-state index contributed by atoms with van der Waals surface area (Å²) in [7, 11) is 3.16. The van der Waals surface area contributed by atoms with Crippen molar-refractivity contribution in [3.8, 4) is 11.5 Å². The number of nitrogens with zero attached hydrogens (tertiary/aromatic N) is 2. The molecule has 0 aliphatic carbocycles. The van der Waals surface area contributed by atoms with E-state index in [9.17, 15) is 4.79 Å². The molecule has 3 rings (SSSR count). The van der Waals surface area contributed by atoms with Gasteiger partial charge in [-0.1, -0.05) is 19.9 Å². The topological polar surface area (TPSA) is 98.4 Å². The Morgan fingerprint density at radius 2 is 2.04 bits per heavy atom. The molecule has 27 heavy (non-hydrogen) atoms. The van der Waals surface area contributed by atoms with Gasteiger partial charge in [-0.15, -0.1) is 0 Å². The van der Waals surface area contributed by atoms with E-state index in [1.54, 1.807) is 20.3 Å². The van der Waals surface area contributed by atoms with Gasteiger partial charge in [-0.05, 0) is 30.0 Å². The fourth-order valence-electron chi connectivity index (χ4n) is 3.05. The number of carbonyl (C=O) groups is 1. The van der Waals surface area contributed by atoms with Gasteiger partial charge in [-0.25, -0.2) is 4.98 Å². The Kier molecular flexibility index (Phi) is 5.95. The zero-order valence-electron chi connectivity index (χ0n) is 16.1. The van der Waals surface area contributed by atoms with Gasteiger partial charge >= 0.3 is 0 Å². The number of aromatic nitrogens is 3. The van der Waals surface area contributed by atoms with Crippen molar-refractivity contribution in [2.75, 3.05) is 20.8 Å². The zero-order chi connectivity index (χ0) is 19.4. The molecule has 1 amide bonds. The van der Waals surface area contributed by atoms with E-state index in [1.807, 2.05) is 12.1 Å². The van der Waals surface area contributed by atoms with Crippen molar-refractivity contribution < 1.29 is 19.0 Å². The molecule has 1 aliphatic rings. The summed E-state index contributed by atoms with van der Waals surface area (Å²) in [5, 5.41) is 10.3. The van der Waals surface area contributed by atoms with Gasteiger partial charge in [0.25, 0.3) is 0 Å². The average molecular weight is 374 g/mol. The molecule has 1 fully saturated rings. The number of amides is 1. The van der Waals surface area contributed by atoms with E-state index in [1.165, 1.54) is 0 Å². The highest BCUT2D eigenvalue weighted by molar-refractivity contribution is 5.78. The minimum Gasteiger partial charge on any atom is -0.493 e. The van der Waals surface area contributed by atoms with Crippen molar-refractivity contribution in [1.29, 1.82) is 0 Å². The highest BCUT2D eigenvalue weighted by Crippen LogP contribution is 2.37. The van der Waals surface area contributed by atoms with Crippen LogP contribution in [-0.4, -0.2) is 41.9 Å². The highest BCUT2D eigenvalue weighted by Gasteiger charge is 2.35. The molecule has 0 bridgehead atoms. The van der Waals surface area contributed by atoms with Gasteiger partial charge in [-0.3, -0.25) is 9.89 Å². The van der Waals surface area contributed by atoms with Crippen LogP contribution in [0.1, 0.15) is 49.6 Å². The minimum absolute atomic E-state index is 0.0235. The summed E-state index contributed by atoms with van der Waals surface area (Å²) >= 11 is 0. The Morgan fingerprint density at radius 1 is 1.26 bits per heavy atom. The first-order chi connectivity index (χ1) is 13.0. The normalized spacial score (nSPS) is 19.8. The Labute approximate surface area is 158 Å². The zero-order valence-corrected chi connectivity index (χ0v) is 16.1. The summed E-state index contributed by atoms with van der Waals surface area (Å²) in [5.74, 6) is 2.97. The van der Waals surface area contributed by atoms with Crippen LogP contribution in [0.15, 0.2) is 18.2 Å². The van der Waals surface area contributed by atoms with Crippen molar-refractivity contribution in [3.63, 3.8) is 0 Å². The van der Waals surface area contributed by atoms with Crippen LogP contribution in [0.5, 0.6) is 11.5 Å². The van der Waals surface area contributed by atoms with Crippen molar-refractivity contribution in [2.45, 2.75) is 38.8 Å². The largest absolute Gasteiger partial charge is 0.493 e.